The second-order valence-electron chi connectivity index (χ2n) is 9.62. The fourth-order valence-electron chi connectivity index (χ4n) is 4.39. The van der Waals surface area contributed by atoms with E-state index in [1.165, 1.54) is 20.3 Å². The first-order valence-electron chi connectivity index (χ1n) is 12.7. The van der Waals surface area contributed by atoms with E-state index < -0.39 is 21.5 Å². The summed E-state index contributed by atoms with van der Waals surface area (Å²) < 4.78 is 41.5. The van der Waals surface area contributed by atoms with Gasteiger partial charge in [-0.15, -0.1) is 4.68 Å². The van der Waals surface area contributed by atoms with Crippen molar-refractivity contribution in [1.29, 1.82) is 0 Å². The number of aryl methyl sites for hydroxylation is 1. The number of nitrogens with one attached hydrogen (secondary N) is 1. The molecule has 1 N–H and O–H groups in total. The van der Waals surface area contributed by atoms with Crippen LogP contribution in [0.3, 0.4) is 0 Å². The predicted octanol–water partition coefficient (Wildman–Crippen LogP) is -0.429. The number of fused-ring (bicyclic) bond motifs is 1. The first-order chi connectivity index (χ1) is 19.0. The van der Waals surface area contributed by atoms with Crippen LogP contribution in [0.4, 0.5) is 0 Å². The minimum absolute atomic E-state index is 0.0783. The lowest BCUT2D eigenvalue weighted by Crippen LogP contribution is -2.52. The third-order valence-corrected chi connectivity index (χ3v) is 8.75. The van der Waals surface area contributed by atoms with Gasteiger partial charge in [0.15, 0.2) is 5.76 Å². The molecule has 0 aliphatic carbocycles. The van der Waals surface area contributed by atoms with E-state index in [2.05, 4.69) is 20.0 Å². The summed E-state index contributed by atoms with van der Waals surface area (Å²) in [7, 11) is 2.70. The molecule has 15 heteroatoms. The number of ether oxygens (including phenoxy) is 1. The van der Waals surface area contributed by atoms with Crippen molar-refractivity contribution in [2.45, 2.75) is 0 Å². The zero-order chi connectivity index (χ0) is 28.6. The second kappa shape index (κ2) is 10.9. The lowest BCUT2D eigenvalue weighted by molar-refractivity contribution is -0.707. The zero-order valence-corrected chi connectivity index (χ0v) is 23.5. The molecule has 0 unspecified atom stereocenters. The summed E-state index contributed by atoms with van der Waals surface area (Å²) in [6, 6.07) is 11.0. The Balaban J connectivity index is 1.20. The van der Waals surface area contributed by atoms with Gasteiger partial charge >= 0.3 is 11.3 Å². The van der Waals surface area contributed by atoms with Gasteiger partial charge in [-0.3, -0.25) is 9.69 Å². The molecule has 1 fully saturated rings. The maximum Gasteiger partial charge on any atom is 0.416 e. The Labute approximate surface area is 230 Å². The Morgan fingerprint density at radius 2 is 1.73 bits per heavy atom. The smallest absolute Gasteiger partial charge is 0.416 e. The third kappa shape index (κ3) is 5.40. The molecular formula is C25H31N8O6S+. The van der Waals surface area contributed by atoms with Gasteiger partial charge < -0.3 is 9.15 Å². The molecule has 0 atom stereocenters. The fraction of sp³-hybridized carbons (Fsp3) is 0.400. The van der Waals surface area contributed by atoms with Gasteiger partial charge in [0.25, 0.3) is 15.8 Å². The number of piperazine rings is 1. The third-order valence-electron chi connectivity index (χ3n) is 6.81. The highest BCUT2D eigenvalue weighted by Crippen LogP contribution is 2.28. The normalized spacial score (nSPS) is 15.2. The van der Waals surface area contributed by atoms with E-state index in [0.29, 0.717) is 56.6 Å². The summed E-state index contributed by atoms with van der Waals surface area (Å²) in [5.41, 5.74) is 0.0450. The van der Waals surface area contributed by atoms with Crippen molar-refractivity contribution in [3.63, 3.8) is 0 Å². The van der Waals surface area contributed by atoms with E-state index in [9.17, 15) is 18.0 Å². The molecule has 4 heterocycles. The van der Waals surface area contributed by atoms with E-state index >= 15 is 0 Å². The van der Waals surface area contributed by atoms with Crippen LogP contribution in [0.5, 0.6) is 5.75 Å². The zero-order valence-electron chi connectivity index (χ0n) is 22.7. The van der Waals surface area contributed by atoms with Gasteiger partial charge in [-0.25, -0.2) is 14.3 Å². The van der Waals surface area contributed by atoms with Crippen LogP contribution in [-0.4, -0.2) is 95.0 Å². The van der Waals surface area contributed by atoms with Crippen molar-refractivity contribution in [3.05, 3.63) is 57.2 Å². The Morgan fingerprint density at radius 1 is 1.05 bits per heavy atom. The van der Waals surface area contributed by atoms with Crippen molar-refractivity contribution in [1.82, 2.24) is 33.1 Å². The highest BCUT2D eigenvalue weighted by atomic mass is 32.2. The molecular weight excluding hydrogens is 540 g/mol. The van der Waals surface area contributed by atoms with Crippen LogP contribution in [-0.2, 0) is 24.3 Å². The molecule has 3 aromatic heterocycles. The van der Waals surface area contributed by atoms with Gasteiger partial charge in [0.2, 0.25) is 11.3 Å². The molecule has 0 saturated carbocycles. The van der Waals surface area contributed by atoms with Gasteiger partial charge in [0.05, 0.1) is 0 Å². The molecule has 0 radical (unpaired) electrons. The molecule has 40 heavy (non-hydrogen) atoms. The molecule has 212 valence electrons. The molecule has 1 aliphatic heterocycles. The SMILES string of the molecule is CN(C)S(=O)(=O)N1CCN(CCOc2ccc(-c3ccc(-c4nc5c(=O)n(C)c(=O)[nH]c5[n+](C)n4)o3)cc2)CC1. The average molecular weight is 572 g/mol. The average Bonchev–Trinajstić information content (AvgIpc) is 3.43. The molecule has 14 nitrogen and oxygen atoms in total. The molecule has 1 aliphatic rings. The van der Waals surface area contributed by atoms with E-state index in [0.717, 1.165) is 10.1 Å². The Bertz CT molecular complexity index is 1750. The number of H-pyrrole nitrogens is 1. The van der Waals surface area contributed by atoms with Crippen molar-refractivity contribution in [2.24, 2.45) is 14.1 Å². The maximum absolute atomic E-state index is 12.5. The lowest BCUT2D eigenvalue weighted by atomic mass is 10.2. The van der Waals surface area contributed by atoms with Gasteiger partial charge in [0.1, 0.15) is 25.2 Å². The maximum atomic E-state index is 12.5. The summed E-state index contributed by atoms with van der Waals surface area (Å²) in [4.78, 5) is 33.6. The van der Waals surface area contributed by atoms with Crippen molar-refractivity contribution in [3.8, 4) is 28.7 Å². The van der Waals surface area contributed by atoms with Crippen molar-refractivity contribution < 1.29 is 22.3 Å². The van der Waals surface area contributed by atoms with Gasteiger partial charge in [-0.1, -0.05) is 5.10 Å². The molecule has 1 aromatic carbocycles. The number of aromatic amines is 1. The number of hydrogen-bond donors (Lipinski definition) is 1. The van der Waals surface area contributed by atoms with E-state index in [-0.39, 0.29) is 17.0 Å². The Kier molecular flexibility index (Phi) is 7.55. The summed E-state index contributed by atoms with van der Waals surface area (Å²) in [5, 5.41) is 4.34. The van der Waals surface area contributed by atoms with Crippen LogP contribution >= 0.6 is 0 Å². The number of aromatic nitrogens is 5. The molecule has 0 spiro atoms. The number of nitrogens with zero attached hydrogens (tertiary/aromatic N) is 7. The summed E-state index contributed by atoms with van der Waals surface area (Å²) in [6.45, 7) is 3.40. The topological polar surface area (TPSA) is 151 Å². The number of furan rings is 1. The fourth-order valence-corrected chi connectivity index (χ4v) is 5.48. The standard InChI is InChI=1S/C25H30N8O6S/c1-29(2)40(36,37)33-13-11-32(12-14-33)15-16-38-18-7-5-17(6-8-18)19-9-10-20(39-19)22-26-21-23(31(4)28-22)27-25(35)30(3)24(21)34/h5-10H,11-16H2,1-4H3/p+1. The van der Waals surface area contributed by atoms with Crippen LogP contribution in [0.1, 0.15) is 0 Å². The highest BCUT2D eigenvalue weighted by molar-refractivity contribution is 7.86. The minimum atomic E-state index is -3.38. The summed E-state index contributed by atoms with van der Waals surface area (Å²) in [6.07, 6.45) is 0. The lowest BCUT2D eigenvalue weighted by Gasteiger charge is -2.34. The Morgan fingerprint density at radius 3 is 2.40 bits per heavy atom. The van der Waals surface area contributed by atoms with E-state index in [4.69, 9.17) is 9.15 Å². The monoisotopic (exact) mass is 571 g/mol. The number of rotatable bonds is 8. The first kappa shape index (κ1) is 27.6. The molecule has 5 rings (SSSR count). The molecule has 0 bridgehead atoms. The van der Waals surface area contributed by atoms with E-state index in [1.54, 1.807) is 33.3 Å². The van der Waals surface area contributed by atoms with Gasteiger partial charge in [0, 0.05) is 59.4 Å². The van der Waals surface area contributed by atoms with Crippen LogP contribution in [0.15, 0.2) is 50.4 Å². The summed E-state index contributed by atoms with van der Waals surface area (Å²) in [5.74, 6) is 1.89. The largest absolute Gasteiger partial charge is 0.492 e. The first-order valence-corrected chi connectivity index (χ1v) is 14.0. The quantitative estimate of drug-likeness (QED) is 0.278. The second-order valence-corrected chi connectivity index (χ2v) is 11.8. The van der Waals surface area contributed by atoms with E-state index in [1.807, 2.05) is 24.3 Å². The van der Waals surface area contributed by atoms with Gasteiger partial charge in [-0.2, -0.15) is 22.0 Å². The van der Waals surface area contributed by atoms with Gasteiger partial charge in [-0.05, 0) is 36.4 Å². The van der Waals surface area contributed by atoms with Crippen LogP contribution in [0, 0.1) is 0 Å². The van der Waals surface area contributed by atoms with Crippen LogP contribution in [0.2, 0.25) is 0 Å². The minimum Gasteiger partial charge on any atom is -0.492 e. The highest BCUT2D eigenvalue weighted by Gasteiger charge is 2.28. The molecule has 4 aromatic rings. The molecule has 0 amide bonds. The number of benzene rings is 1. The van der Waals surface area contributed by atoms with Crippen molar-refractivity contribution >= 4 is 21.4 Å². The van der Waals surface area contributed by atoms with Crippen molar-refractivity contribution in [2.75, 3.05) is 53.4 Å². The number of hydrogen-bond acceptors (Lipinski definition) is 9. The van der Waals surface area contributed by atoms with Crippen LogP contribution < -0.4 is 20.7 Å². The molecule has 1 saturated heterocycles. The predicted molar refractivity (Wildman–Crippen MR) is 146 cm³/mol. The summed E-state index contributed by atoms with van der Waals surface area (Å²) >= 11 is 0. The Hall–Kier alpha value is -3.92. The van der Waals surface area contributed by atoms with Crippen LogP contribution in [0.25, 0.3) is 34.1 Å².